The predicted molar refractivity (Wildman–Crippen MR) is 36.5 cm³/mol. The Balaban J connectivity index is 2.07. The molecule has 56 valence electrons. The molecule has 1 atom stereocenters. The van der Waals surface area contributed by atoms with Gasteiger partial charge in [0.25, 0.3) is 0 Å². The summed E-state index contributed by atoms with van der Waals surface area (Å²) >= 11 is 0. The Morgan fingerprint density at radius 1 is 1.60 bits per heavy atom. The maximum atomic E-state index is 10.9. The second-order valence-electron chi connectivity index (χ2n) is 3.68. The Hall–Kier alpha value is -0.530. The van der Waals surface area contributed by atoms with Gasteiger partial charge in [0, 0.05) is 0 Å². The van der Waals surface area contributed by atoms with Gasteiger partial charge in [-0.3, -0.25) is 4.79 Å². The van der Waals surface area contributed by atoms with Gasteiger partial charge in [0.1, 0.15) is 0 Å². The Morgan fingerprint density at radius 3 is 2.80 bits per heavy atom. The number of ether oxygens (including phenoxy) is 1. The van der Waals surface area contributed by atoms with Crippen molar-refractivity contribution in [2.75, 3.05) is 0 Å². The molecule has 0 bridgehead atoms. The number of hydrogen-bond acceptors (Lipinski definition) is 2. The van der Waals surface area contributed by atoms with Crippen molar-refractivity contribution >= 4 is 5.97 Å². The van der Waals surface area contributed by atoms with Gasteiger partial charge in [-0.05, 0) is 31.6 Å². The van der Waals surface area contributed by atoms with Crippen LogP contribution >= 0.6 is 0 Å². The summed E-state index contributed by atoms with van der Waals surface area (Å²) in [4.78, 5) is 10.9. The van der Waals surface area contributed by atoms with Crippen LogP contribution in [-0.2, 0) is 9.53 Å². The molecule has 1 spiro atoms. The number of carbonyl (C=O) groups excluding carboxylic acids is 1. The lowest BCUT2D eigenvalue weighted by Gasteiger charge is -2.25. The van der Waals surface area contributed by atoms with Gasteiger partial charge >= 0.3 is 5.97 Å². The molecule has 1 aliphatic carbocycles. The van der Waals surface area contributed by atoms with E-state index in [9.17, 15) is 4.79 Å². The molecule has 0 aromatic rings. The van der Waals surface area contributed by atoms with Crippen LogP contribution in [0.15, 0.2) is 0 Å². The van der Waals surface area contributed by atoms with Crippen LogP contribution < -0.4 is 0 Å². The summed E-state index contributed by atoms with van der Waals surface area (Å²) in [5.74, 6) is 0.0104. The first-order valence-electron chi connectivity index (χ1n) is 3.90. The summed E-state index contributed by atoms with van der Waals surface area (Å²) in [6.45, 7) is 1.98. The summed E-state index contributed by atoms with van der Waals surface area (Å²) in [7, 11) is 0. The average Bonchev–Trinajstić information content (AvgIpc) is 2.44. The zero-order valence-corrected chi connectivity index (χ0v) is 6.22. The molecule has 0 amide bonds. The first-order valence-corrected chi connectivity index (χ1v) is 3.90. The molecule has 1 aliphatic heterocycles. The summed E-state index contributed by atoms with van der Waals surface area (Å²) < 4.78 is 5.02. The molecule has 2 rings (SSSR count). The van der Waals surface area contributed by atoms with Crippen LogP contribution in [-0.4, -0.2) is 12.1 Å². The van der Waals surface area contributed by atoms with Gasteiger partial charge < -0.3 is 4.74 Å². The molecule has 2 nitrogen and oxygen atoms in total. The van der Waals surface area contributed by atoms with E-state index in [1.54, 1.807) is 0 Å². The first-order chi connectivity index (χ1) is 4.70. The fourth-order valence-electron chi connectivity index (χ4n) is 1.85. The molecule has 1 saturated carbocycles. The van der Waals surface area contributed by atoms with E-state index in [-0.39, 0.29) is 12.1 Å². The summed E-state index contributed by atoms with van der Waals surface area (Å²) in [6.07, 6.45) is 4.43. The number of rotatable bonds is 0. The van der Waals surface area contributed by atoms with E-state index in [1.807, 2.05) is 6.92 Å². The zero-order chi connectivity index (χ0) is 7.19. The maximum absolute atomic E-state index is 10.9. The molecule has 2 aliphatic rings. The molecule has 0 aromatic carbocycles. The van der Waals surface area contributed by atoms with Crippen LogP contribution in [0.25, 0.3) is 0 Å². The maximum Gasteiger partial charge on any atom is 0.306 e. The van der Waals surface area contributed by atoms with E-state index in [1.165, 1.54) is 12.8 Å². The highest BCUT2D eigenvalue weighted by Gasteiger charge is 2.48. The summed E-state index contributed by atoms with van der Waals surface area (Å²) in [5.41, 5.74) is 0.398. The predicted octanol–water partition coefficient (Wildman–Crippen LogP) is 1.49. The third-order valence-electron chi connectivity index (χ3n) is 2.53. The standard InChI is InChI=1S/C8H12O2/c1-6-4-8(2-3-8)5-7(9)10-6/h6H,2-5H2,1H3/t6-/m1/s1. The van der Waals surface area contributed by atoms with Crippen molar-refractivity contribution in [1.29, 1.82) is 0 Å². The van der Waals surface area contributed by atoms with Crippen LogP contribution in [0.5, 0.6) is 0 Å². The van der Waals surface area contributed by atoms with E-state index in [0.29, 0.717) is 11.8 Å². The Morgan fingerprint density at radius 2 is 2.30 bits per heavy atom. The molecule has 0 radical (unpaired) electrons. The van der Waals surface area contributed by atoms with Crippen LogP contribution in [0.4, 0.5) is 0 Å². The van der Waals surface area contributed by atoms with E-state index < -0.39 is 0 Å². The van der Waals surface area contributed by atoms with Crippen molar-refractivity contribution in [2.24, 2.45) is 5.41 Å². The molecular weight excluding hydrogens is 128 g/mol. The Labute approximate surface area is 60.6 Å². The highest BCUT2D eigenvalue weighted by molar-refractivity contribution is 5.71. The van der Waals surface area contributed by atoms with Gasteiger partial charge in [-0.1, -0.05) is 0 Å². The quantitative estimate of drug-likeness (QED) is 0.476. The van der Waals surface area contributed by atoms with Crippen molar-refractivity contribution in [3.8, 4) is 0 Å². The lowest BCUT2D eigenvalue weighted by atomic mass is 9.93. The van der Waals surface area contributed by atoms with E-state index >= 15 is 0 Å². The van der Waals surface area contributed by atoms with E-state index in [2.05, 4.69) is 0 Å². The topological polar surface area (TPSA) is 26.3 Å². The monoisotopic (exact) mass is 140 g/mol. The number of esters is 1. The van der Waals surface area contributed by atoms with Gasteiger partial charge in [0.15, 0.2) is 0 Å². The smallest absolute Gasteiger partial charge is 0.306 e. The van der Waals surface area contributed by atoms with Crippen LogP contribution in [0.3, 0.4) is 0 Å². The van der Waals surface area contributed by atoms with Gasteiger partial charge in [-0.25, -0.2) is 0 Å². The third kappa shape index (κ3) is 0.917. The highest BCUT2D eigenvalue weighted by atomic mass is 16.5. The molecule has 1 saturated heterocycles. The van der Waals surface area contributed by atoms with Gasteiger partial charge in [-0.2, -0.15) is 0 Å². The van der Waals surface area contributed by atoms with Crippen molar-refractivity contribution < 1.29 is 9.53 Å². The van der Waals surface area contributed by atoms with E-state index in [4.69, 9.17) is 4.74 Å². The minimum Gasteiger partial charge on any atom is -0.463 e. The number of cyclic esters (lactones) is 1. The van der Waals surface area contributed by atoms with Crippen molar-refractivity contribution in [3.05, 3.63) is 0 Å². The van der Waals surface area contributed by atoms with Gasteiger partial charge in [-0.15, -0.1) is 0 Å². The minimum atomic E-state index is 0.0104. The fourth-order valence-corrected chi connectivity index (χ4v) is 1.85. The largest absolute Gasteiger partial charge is 0.463 e. The molecule has 10 heavy (non-hydrogen) atoms. The molecule has 0 unspecified atom stereocenters. The number of carbonyl (C=O) groups is 1. The van der Waals surface area contributed by atoms with Gasteiger partial charge in [0.2, 0.25) is 0 Å². The summed E-state index contributed by atoms with van der Waals surface area (Å²) in [6, 6.07) is 0. The summed E-state index contributed by atoms with van der Waals surface area (Å²) in [5, 5.41) is 0. The lowest BCUT2D eigenvalue weighted by molar-refractivity contribution is -0.156. The van der Waals surface area contributed by atoms with E-state index in [0.717, 1.165) is 6.42 Å². The zero-order valence-electron chi connectivity index (χ0n) is 6.22. The molecule has 2 heteroatoms. The second kappa shape index (κ2) is 1.74. The highest BCUT2D eigenvalue weighted by Crippen LogP contribution is 2.54. The third-order valence-corrected chi connectivity index (χ3v) is 2.53. The molecule has 2 fully saturated rings. The minimum absolute atomic E-state index is 0.0104. The Kier molecular flexibility index (Phi) is 1.08. The van der Waals surface area contributed by atoms with Crippen LogP contribution in [0, 0.1) is 5.41 Å². The normalized spacial score (nSPS) is 35.7. The number of hydrogen-bond donors (Lipinski definition) is 0. The molecular formula is C8H12O2. The molecule has 0 N–H and O–H groups in total. The lowest BCUT2D eigenvalue weighted by Crippen LogP contribution is -2.28. The van der Waals surface area contributed by atoms with Crippen molar-refractivity contribution in [3.63, 3.8) is 0 Å². The van der Waals surface area contributed by atoms with Crippen LogP contribution in [0.1, 0.15) is 32.6 Å². The molecule has 1 heterocycles. The second-order valence-corrected chi connectivity index (χ2v) is 3.68. The fraction of sp³-hybridized carbons (Fsp3) is 0.875. The average molecular weight is 140 g/mol. The van der Waals surface area contributed by atoms with Crippen molar-refractivity contribution in [2.45, 2.75) is 38.7 Å². The Bertz CT molecular complexity index is 170. The van der Waals surface area contributed by atoms with Gasteiger partial charge in [0.05, 0.1) is 12.5 Å². The molecule has 0 aromatic heterocycles. The first kappa shape index (κ1) is 6.20. The SMILES string of the molecule is C[C@@H]1CC2(CC2)CC(=O)O1. The van der Waals surface area contributed by atoms with Crippen LogP contribution in [0.2, 0.25) is 0 Å². The van der Waals surface area contributed by atoms with Crippen molar-refractivity contribution in [1.82, 2.24) is 0 Å².